The molecule has 33 heavy (non-hydrogen) atoms. The van der Waals surface area contributed by atoms with E-state index in [1.54, 1.807) is 21.4 Å². The van der Waals surface area contributed by atoms with Crippen LogP contribution in [0.5, 0.6) is 0 Å². The van der Waals surface area contributed by atoms with Gasteiger partial charge in [-0.05, 0) is 38.0 Å². The molecule has 1 N–H and O–H groups in total. The van der Waals surface area contributed by atoms with Gasteiger partial charge in [-0.3, -0.25) is 9.59 Å². The Morgan fingerprint density at radius 3 is 2.61 bits per heavy atom. The summed E-state index contributed by atoms with van der Waals surface area (Å²) in [5.74, 6) is 0.0557. The normalized spacial score (nSPS) is 14.0. The number of hydrogen-bond donors (Lipinski definition) is 1. The molecule has 3 heterocycles. The van der Waals surface area contributed by atoms with Gasteiger partial charge in [0.25, 0.3) is 5.56 Å². The summed E-state index contributed by atoms with van der Waals surface area (Å²) in [6, 6.07) is 5.89. The van der Waals surface area contributed by atoms with Crippen molar-refractivity contribution < 1.29 is 14.3 Å². The lowest BCUT2D eigenvalue weighted by Crippen LogP contribution is -2.51. The van der Waals surface area contributed by atoms with Crippen LogP contribution in [0.2, 0.25) is 0 Å². The number of nitrogens with one attached hydrogen (secondary N) is 1. The molecule has 0 atom stereocenters. The maximum atomic E-state index is 12.7. The van der Waals surface area contributed by atoms with Gasteiger partial charge in [0.2, 0.25) is 5.91 Å². The summed E-state index contributed by atoms with van der Waals surface area (Å²) in [5, 5.41) is 5.13. The first kappa shape index (κ1) is 22.8. The van der Waals surface area contributed by atoms with Crippen LogP contribution in [0, 0.1) is 13.8 Å². The summed E-state index contributed by atoms with van der Waals surface area (Å²) in [6.07, 6.45) is 1.15. The van der Waals surface area contributed by atoms with Crippen LogP contribution in [0.1, 0.15) is 18.1 Å². The zero-order chi connectivity index (χ0) is 23.5. The summed E-state index contributed by atoms with van der Waals surface area (Å²) in [6.45, 7) is 7.87. The van der Waals surface area contributed by atoms with E-state index in [1.807, 2.05) is 32.0 Å². The lowest BCUT2D eigenvalue weighted by Gasteiger charge is -2.34. The largest absolute Gasteiger partial charge is 0.450 e. The summed E-state index contributed by atoms with van der Waals surface area (Å²) in [4.78, 5) is 47.7. The molecular formula is C22H26N6O4S. The van der Waals surface area contributed by atoms with Crippen LogP contribution in [-0.2, 0) is 9.53 Å². The van der Waals surface area contributed by atoms with Crippen molar-refractivity contribution in [3.63, 3.8) is 0 Å². The van der Waals surface area contributed by atoms with Crippen molar-refractivity contribution in [1.29, 1.82) is 0 Å². The number of nitrogens with zero attached hydrogens (tertiary/aromatic N) is 5. The van der Waals surface area contributed by atoms with E-state index in [2.05, 4.69) is 15.1 Å². The topological polar surface area (TPSA) is 113 Å². The number of carbonyl (C=O) groups is 2. The van der Waals surface area contributed by atoms with E-state index in [0.717, 1.165) is 16.8 Å². The van der Waals surface area contributed by atoms with Gasteiger partial charge >= 0.3 is 6.09 Å². The molecule has 1 aliphatic rings. The molecule has 1 saturated heterocycles. The van der Waals surface area contributed by atoms with Crippen LogP contribution in [0.15, 0.2) is 34.3 Å². The first-order valence-corrected chi connectivity index (χ1v) is 11.7. The molecule has 0 spiro atoms. The minimum Gasteiger partial charge on any atom is -0.450 e. The quantitative estimate of drug-likeness (QED) is 0.449. The van der Waals surface area contributed by atoms with E-state index >= 15 is 0 Å². The van der Waals surface area contributed by atoms with E-state index in [1.165, 1.54) is 18.0 Å². The molecule has 1 aliphatic heterocycles. The molecule has 0 saturated carbocycles. The second-order valence-electron chi connectivity index (χ2n) is 7.74. The maximum absolute atomic E-state index is 12.7. The lowest BCUT2D eigenvalue weighted by atomic mass is 10.1. The van der Waals surface area contributed by atoms with E-state index in [-0.39, 0.29) is 23.3 Å². The summed E-state index contributed by atoms with van der Waals surface area (Å²) in [7, 11) is 0. The number of rotatable bonds is 5. The molecule has 0 bridgehead atoms. The number of aryl methyl sites for hydroxylation is 1. The predicted octanol–water partition coefficient (Wildman–Crippen LogP) is 2.12. The highest BCUT2D eigenvalue weighted by Crippen LogP contribution is 2.22. The minimum absolute atomic E-state index is 0.0747. The Labute approximate surface area is 194 Å². The highest BCUT2D eigenvalue weighted by Gasteiger charge is 2.25. The second kappa shape index (κ2) is 9.65. The average Bonchev–Trinajstić information content (AvgIpc) is 3.24. The molecule has 10 nitrogen and oxygen atoms in total. The average molecular weight is 471 g/mol. The number of amides is 2. The van der Waals surface area contributed by atoms with Gasteiger partial charge in [0.05, 0.1) is 24.2 Å². The van der Waals surface area contributed by atoms with E-state index in [9.17, 15) is 14.4 Å². The molecule has 11 heteroatoms. The van der Waals surface area contributed by atoms with Gasteiger partial charge < -0.3 is 19.5 Å². The summed E-state index contributed by atoms with van der Waals surface area (Å²) < 4.78 is 6.67. The van der Waals surface area contributed by atoms with Gasteiger partial charge in [-0.25, -0.2) is 14.5 Å². The van der Waals surface area contributed by atoms with Crippen LogP contribution in [0.3, 0.4) is 0 Å². The number of thioether (sulfide) groups is 1. The van der Waals surface area contributed by atoms with Crippen molar-refractivity contribution in [1.82, 2.24) is 29.5 Å². The fourth-order valence-corrected chi connectivity index (χ4v) is 4.44. The van der Waals surface area contributed by atoms with Gasteiger partial charge in [0, 0.05) is 26.2 Å². The summed E-state index contributed by atoms with van der Waals surface area (Å²) >= 11 is 1.18. The van der Waals surface area contributed by atoms with Crippen molar-refractivity contribution in [3.8, 4) is 5.69 Å². The third-order valence-corrected chi connectivity index (χ3v) is 6.57. The third kappa shape index (κ3) is 4.72. The molecule has 2 aromatic heterocycles. The Morgan fingerprint density at radius 1 is 1.15 bits per heavy atom. The van der Waals surface area contributed by atoms with Crippen LogP contribution in [-0.4, -0.2) is 80.1 Å². The first-order valence-electron chi connectivity index (χ1n) is 10.8. The number of carbonyl (C=O) groups excluding carboxylic acids is 2. The number of aromatic amines is 1. The Hall–Kier alpha value is -3.34. The van der Waals surface area contributed by atoms with Gasteiger partial charge in [-0.1, -0.05) is 23.9 Å². The van der Waals surface area contributed by atoms with Crippen LogP contribution < -0.4 is 5.56 Å². The Kier molecular flexibility index (Phi) is 6.68. The van der Waals surface area contributed by atoms with Gasteiger partial charge in [0.15, 0.2) is 10.8 Å². The standard InChI is InChI=1S/C22H26N6O4S/c1-4-32-22(31)27-10-8-26(9-11-27)18(29)13-33-21-24-19-16(20(30)25-21)12-23-28(19)17-7-5-6-14(2)15(17)3/h5-7,12H,4,8-11,13H2,1-3H3,(H,24,25,30). The van der Waals surface area contributed by atoms with Gasteiger partial charge in [-0.15, -0.1) is 0 Å². The second-order valence-corrected chi connectivity index (χ2v) is 8.70. The third-order valence-electron chi connectivity index (χ3n) is 5.71. The highest BCUT2D eigenvalue weighted by atomic mass is 32.2. The molecule has 4 rings (SSSR count). The maximum Gasteiger partial charge on any atom is 0.409 e. The van der Waals surface area contributed by atoms with Crippen LogP contribution in [0.4, 0.5) is 4.79 Å². The molecule has 3 aromatic rings. The number of ether oxygens (including phenoxy) is 1. The van der Waals surface area contributed by atoms with Crippen molar-refractivity contribution in [2.45, 2.75) is 25.9 Å². The van der Waals surface area contributed by atoms with E-state index < -0.39 is 0 Å². The SMILES string of the molecule is CCOC(=O)N1CCN(C(=O)CSc2nc3c(cnn3-c3cccc(C)c3C)c(=O)[nH]2)CC1. The van der Waals surface area contributed by atoms with E-state index in [4.69, 9.17) is 4.74 Å². The van der Waals surface area contributed by atoms with Crippen molar-refractivity contribution in [3.05, 3.63) is 45.9 Å². The molecule has 0 unspecified atom stereocenters. The number of aromatic nitrogens is 4. The molecule has 2 amide bonds. The number of benzene rings is 1. The molecule has 1 aromatic carbocycles. The fraction of sp³-hybridized carbons (Fsp3) is 0.409. The zero-order valence-electron chi connectivity index (χ0n) is 18.8. The van der Waals surface area contributed by atoms with Crippen molar-refractivity contribution in [2.24, 2.45) is 0 Å². The molecular weight excluding hydrogens is 444 g/mol. The van der Waals surface area contributed by atoms with Crippen LogP contribution in [0.25, 0.3) is 16.7 Å². The molecule has 1 fully saturated rings. The number of H-pyrrole nitrogens is 1. The Bertz CT molecular complexity index is 1250. The highest BCUT2D eigenvalue weighted by molar-refractivity contribution is 7.99. The van der Waals surface area contributed by atoms with Gasteiger partial charge in [0.1, 0.15) is 5.39 Å². The van der Waals surface area contributed by atoms with Crippen LogP contribution >= 0.6 is 11.8 Å². The number of hydrogen-bond acceptors (Lipinski definition) is 7. The monoisotopic (exact) mass is 470 g/mol. The number of fused-ring (bicyclic) bond motifs is 1. The van der Waals surface area contributed by atoms with Gasteiger partial charge in [-0.2, -0.15) is 5.10 Å². The fourth-order valence-electron chi connectivity index (χ4n) is 3.68. The van der Waals surface area contributed by atoms with E-state index in [0.29, 0.717) is 49.0 Å². The lowest BCUT2D eigenvalue weighted by molar-refractivity contribution is -0.129. The predicted molar refractivity (Wildman–Crippen MR) is 125 cm³/mol. The first-order chi connectivity index (χ1) is 15.9. The molecule has 0 radical (unpaired) electrons. The zero-order valence-corrected chi connectivity index (χ0v) is 19.6. The smallest absolute Gasteiger partial charge is 0.409 e. The number of piperazine rings is 1. The summed E-state index contributed by atoms with van der Waals surface area (Å²) in [5.41, 5.74) is 3.18. The molecule has 0 aliphatic carbocycles. The minimum atomic E-state index is -0.352. The van der Waals surface area contributed by atoms with Crippen molar-refractivity contribution in [2.75, 3.05) is 38.5 Å². The Balaban J connectivity index is 1.46. The van der Waals surface area contributed by atoms with Crippen molar-refractivity contribution >= 4 is 34.8 Å². The Morgan fingerprint density at radius 2 is 1.88 bits per heavy atom. The molecule has 174 valence electrons.